The fraction of sp³-hybridized carbons (Fsp3) is 0.357. The van der Waals surface area contributed by atoms with E-state index in [9.17, 15) is 0 Å². The summed E-state index contributed by atoms with van der Waals surface area (Å²) in [6.07, 6.45) is 3.65. The van der Waals surface area contributed by atoms with Gasteiger partial charge in [-0.25, -0.2) is 4.98 Å². The smallest absolute Gasteiger partial charge is 0.161 e. The van der Waals surface area contributed by atoms with Crippen molar-refractivity contribution in [3.63, 3.8) is 0 Å². The van der Waals surface area contributed by atoms with Gasteiger partial charge in [-0.3, -0.25) is 0 Å². The van der Waals surface area contributed by atoms with Crippen LogP contribution in [-0.2, 0) is 13.1 Å². The zero-order valence-electron chi connectivity index (χ0n) is 11.1. The van der Waals surface area contributed by atoms with E-state index >= 15 is 0 Å². The predicted octanol–water partition coefficient (Wildman–Crippen LogP) is 1.82. The minimum Gasteiger partial charge on any atom is -0.490 e. The van der Waals surface area contributed by atoms with Crippen molar-refractivity contribution in [2.75, 3.05) is 13.2 Å². The molecule has 5 nitrogen and oxygen atoms in total. The predicted molar refractivity (Wildman–Crippen MR) is 73.2 cm³/mol. The van der Waals surface area contributed by atoms with E-state index in [1.165, 1.54) is 0 Å². The standard InChI is InChI=1S/C14H19N3O2/c1-2-18-12-5-3-4-6-13(12)19-10-9-17-8-7-16-14(17)11-15/h3-8H,2,9-11,15H2,1H3. The van der Waals surface area contributed by atoms with Gasteiger partial charge in [0, 0.05) is 12.4 Å². The van der Waals surface area contributed by atoms with E-state index < -0.39 is 0 Å². The molecule has 19 heavy (non-hydrogen) atoms. The van der Waals surface area contributed by atoms with E-state index in [-0.39, 0.29) is 0 Å². The van der Waals surface area contributed by atoms with Crippen LogP contribution in [0.4, 0.5) is 0 Å². The fourth-order valence-electron chi connectivity index (χ4n) is 1.83. The van der Waals surface area contributed by atoms with Crippen LogP contribution in [0.3, 0.4) is 0 Å². The fourth-order valence-corrected chi connectivity index (χ4v) is 1.83. The lowest BCUT2D eigenvalue weighted by Crippen LogP contribution is -2.13. The first kappa shape index (κ1) is 13.4. The number of hydrogen-bond acceptors (Lipinski definition) is 4. The van der Waals surface area contributed by atoms with Gasteiger partial charge >= 0.3 is 0 Å². The Morgan fingerprint density at radius 1 is 1.21 bits per heavy atom. The van der Waals surface area contributed by atoms with Crippen LogP contribution in [0.5, 0.6) is 11.5 Å². The third kappa shape index (κ3) is 3.48. The van der Waals surface area contributed by atoms with Crippen LogP contribution in [0.15, 0.2) is 36.7 Å². The van der Waals surface area contributed by atoms with Crippen molar-refractivity contribution in [2.24, 2.45) is 5.73 Å². The van der Waals surface area contributed by atoms with E-state index in [0.717, 1.165) is 17.3 Å². The highest BCUT2D eigenvalue weighted by Crippen LogP contribution is 2.26. The molecule has 0 saturated carbocycles. The lowest BCUT2D eigenvalue weighted by Gasteiger charge is -2.12. The van der Waals surface area contributed by atoms with Crippen molar-refractivity contribution < 1.29 is 9.47 Å². The van der Waals surface area contributed by atoms with Crippen LogP contribution in [-0.4, -0.2) is 22.8 Å². The zero-order valence-corrected chi connectivity index (χ0v) is 11.1. The van der Waals surface area contributed by atoms with Gasteiger partial charge in [0.15, 0.2) is 11.5 Å². The van der Waals surface area contributed by atoms with Crippen LogP contribution >= 0.6 is 0 Å². The second-order valence-corrected chi connectivity index (χ2v) is 3.97. The molecule has 0 aliphatic rings. The highest BCUT2D eigenvalue weighted by atomic mass is 16.5. The highest BCUT2D eigenvalue weighted by molar-refractivity contribution is 5.39. The largest absolute Gasteiger partial charge is 0.490 e. The molecule has 2 rings (SSSR count). The van der Waals surface area contributed by atoms with Gasteiger partial charge < -0.3 is 19.8 Å². The number of hydrogen-bond donors (Lipinski definition) is 1. The van der Waals surface area contributed by atoms with Gasteiger partial charge in [-0.1, -0.05) is 12.1 Å². The summed E-state index contributed by atoms with van der Waals surface area (Å²) in [6, 6.07) is 7.67. The summed E-state index contributed by atoms with van der Waals surface area (Å²) in [5.74, 6) is 2.40. The Morgan fingerprint density at radius 2 is 1.95 bits per heavy atom. The molecule has 1 aromatic carbocycles. The van der Waals surface area contributed by atoms with Crippen molar-refractivity contribution in [1.82, 2.24) is 9.55 Å². The lowest BCUT2D eigenvalue weighted by molar-refractivity contribution is 0.265. The van der Waals surface area contributed by atoms with Crippen molar-refractivity contribution in [2.45, 2.75) is 20.0 Å². The SMILES string of the molecule is CCOc1ccccc1OCCn1ccnc1CN. The van der Waals surface area contributed by atoms with E-state index in [1.54, 1.807) is 6.20 Å². The Hall–Kier alpha value is -2.01. The van der Waals surface area contributed by atoms with E-state index in [0.29, 0.717) is 26.3 Å². The van der Waals surface area contributed by atoms with Gasteiger partial charge in [0.25, 0.3) is 0 Å². The summed E-state index contributed by atoms with van der Waals surface area (Å²) >= 11 is 0. The molecule has 2 aromatic rings. The maximum atomic E-state index is 5.75. The maximum Gasteiger partial charge on any atom is 0.161 e. The van der Waals surface area contributed by atoms with Crippen molar-refractivity contribution in [3.8, 4) is 11.5 Å². The molecule has 0 bridgehead atoms. The van der Waals surface area contributed by atoms with Gasteiger partial charge in [-0.2, -0.15) is 0 Å². The van der Waals surface area contributed by atoms with Crippen LogP contribution in [0.2, 0.25) is 0 Å². The number of nitrogens with two attached hydrogens (primary N) is 1. The third-order valence-corrected chi connectivity index (χ3v) is 2.72. The average Bonchev–Trinajstić information content (AvgIpc) is 2.88. The highest BCUT2D eigenvalue weighted by Gasteiger charge is 2.04. The van der Waals surface area contributed by atoms with Crippen LogP contribution in [0.25, 0.3) is 0 Å². The lowest BCUT2D eigenvalue weighted by atomic mass is 10.3. The molecule has 102 valence electrons. The van der Waals surface area contributed by atoms with E-state index in [1.807, 2.05) is 42.0 Å². The molecule has 5 heteroatoms. The molecule has 0 aliphatic carbocycles. The van der Waals surface area contributed by atoms with Gasteiger partial charge in [0.1, 0.15) is 12.4 Å². The Bertz CT molecular complexity index is 511. The molecule has 1 heterocycles. The minimum atomic E-state index is 0.433. The molecular formula is C14H19N3O2. The molecule has 0 amide bonds. The van der Waals surface area contributed by atoms with Crippen LogP contribution in [0, 0.1) is 0 Å². The molecule has 1 aromatic heterocycles. The normalized spacial score (nSPS) is 10.4. The zero-order chi connectivity index (χ0) is 13.5. The van der Waals surface area contributed by atoms with Gasteiger partial charge in [-0.15, -0.1) is 0 Å². The second kappa shape index (κ2) is 6.80. The van der Waals surface area contributed by atoms with Crippen molar-refractivity contribution >= 4 is 0 Å². The Balaban J connectivity index is 1.92. The van der Waals surface area contributed by atoms with E-state index in [2.05, 4.69) is 4.98 Å². The maximum absolute atomic E-state index is 5.75. The monoisotopic (exact) mass is 261 g/mol. The summed E-state index contributed by atoms with van der Waals surface area (Å²) in [6.45, 7) is 4.28. The van der Waals surface area contributed by atoms with Crippen LogP contribution < -0.4 is 15.2 Å². The second-order valence-electron chi connectivity index (χ2n) is 3.97. The molecule has 0 aliphatic heterocycles. The summed E-state index contributed by atoms with van der Waals surface area (Å²) in [7, 11) is 0. The first-order valence-corrected chi connectivity index (χ1v) is 6.40. The molecular weight excluding hydrogens is 242 g/mol. The van der Waals surface area contributed by atoms with Crippen LogP contribution in [0.1, 0.15) is 12.7 Å². The number of para-hydroxylation sites is 2. The molecule has 0 spiro atoms. The van der Waals surface area contributed by atoms with Gasteiger partial charge in [-0.05, 0) is 19.1 Å². The number of benzene rings is 1. The number of nitrogens with zero attached hydrogens (tertiary/aromatic N) is 2. The van der Waals surface area contributed by atoms with Gasteiger partial charge in [0.2, 0.25) is 0 Å². The number of rotatable bonds is 7. The molecule has 0 unspecified atom stereocenters. The quantitative estimate of drug-likeness (QED) is 0.825. The van der Waals surface area contributed by atoms with Crippen molar-refractivity contribution in [3.05, 3.63) is 42.5 Å². The number of imidazole rings is 1. The topological polar surface area (TPSA) is 62.3 Å². The first-order chi connectivity index (χ1) is 9.35. The Kier molecular flexibility index (Phi) is 4.80. The average molecular weight is 261 g/mol. The number of ether oxygens (including phenoxy) is 2. The van der Waals surface area contributed by atoms with Crippen molar-refractivity contribution in [1.29, 1.82) is 0 Å². The summed E-state index contributed by atoms with van der Waals surface area (Å²) in [5, 5.41) is 0. The summed E-state index contributed by atoms with van der Waals surface area (Å²) in [4.78, 5) is 4.17. The molecule has 0 fully saturated rings. The summed E-state index contributed by atoms with van der Waals surface area (Å²) in [5.41, 5.74) is 5.60. The molecule has 0 saturated heterocycles. The van der Waals surface area contributed by atoms with E-state index in [4.69, 9.17) is 15.2 Å². The Morgan fingerprint density at radius 3 is 2.63 bits per heavy atom. The Labute approximate surface area is 113 Å². The number of aromatic nitrogens is 2. The molecule has 2 N–H and O–H groups in total. The minimum absolute atomic E-state index is 0.433. The third-order valence-electron chi connectivity index (χ3n) is 2.72. The van der Waals surface area contributed by atoms with Gasteiger partial charge in [0.05, 0.1) is 19.7 Å². The first-order valence-electron chi connectivity index (χ1n) is 6.40. The molecule has 0 atom stereocenters. The summed E-state index contributed by atoms with van der Waals surface area (Å²) < 4.78 is 13.2. The molecule has 0 radical (unpaired) electrons.